The molecule has 1 heterocycles. The van der Waals surface area contributed by atoms with Crippen molar-refractivity contribution >= 4 is 0 Å². The summed E-state index contributed by atoms with van der Waals surface area (Å²) >= 11 is 0. The molecule has 3 N–H and O–H groups in total. The molecule has 2 aromatic carbocycles. The number of aromatic nitrogens is 3. The second-order valence-corrected chi connectivity index (χ2v) is 19.4. The van der Waals surface area contributed by atoms with E-state index >= 15 is 0 Å². The Bertz CT molecular complexity index is 1320. The minimum atomic E-state index is -0.208. The van der Waals surface area contributed by atoms with Gasteiger partial charge in [-0.15, -0.1) is 5.10 Å². The first-order chi connectivity index (χ1) is 23.4. The van der Waals surface area contributed by atoms with Crippen molar-refractivity contribution in [3.63, 3.8) is 0 Å². The van der Waals surface area contributed by atoms with Crippen LogP contribution < -0.4 is 16.0 Å². The van der Waals surface area contributed by atoms with Crippen LogP contribution in [-0.4, -0.2) is 63.5 Å². The summed E-state index contributed by atoms with van der Waals surface area (Å²) in [6.45, 7) is 39.0. The smallest absolute Gasteiger partial charge is 0.0956 e. The summed E-state index contributed by atoms with van der Waals surface area (Å²) < 4.78 is 14.3. The fourth-order valence-corrected chi connectivity index (χ4v) is 3.95. The predicted molar refractivity (Wildman–Crippen MR) is 224 cm³/mol. The molecule has 8 heteroatoms. The maximum absolute atomic E-state index is 6.25. The number of hydrogen-bond acceptors (Lipinski definition) is 7. The van der Waals surface area contributed by atoms with Gasteiger partial charge >= 0.3 is 0 Å². The molecule has 0 aliphatic carbocycles. The molecule has 3 aromatic rings. The van der Waals surface area contributed by atoms with E-state index in [0.29, 0.717) is 11.1 Å². The lowest BCUT2D eigenvalue weighted by atomic mass is 10.0. The van der Waals surface area contributed by atoms with Gasteiger partial charge in [-0.25, -0.2) is 4.68 Å². The van der Waals surface area contributed by atoms with Crippen molar-refractivity contribution in [2.75, 3.05) is 20.6 Å². The van der Waals surface area contributed by atoms with E-state index in [1.54, 1.807) is 0 Å². The van der Waals surface area contributed by atoms with Crippen molar-refractivity contribution in [2.24, 2.45) is 0 Å². The quantitative estimate of drug-likeness (QED) is 0.213. The second kappa shape index (κ2) is 21.3. The normalized spacial score (nSPS) is 13.8. The fourth-order valence-electron chi connectivity index (χ4n) is 3.95. The van der Waals surface area contributed by atoms with Crippen LogP contribution in [-0.2, 0) is 21.4 Å². The number of nitrogens with one attached hydrogen (secondary N) is 3. The van der Waals surface area contributed by atoms with Gasteiger partial charge < -0.3 is 25.4 Å². The third kappa shape index (κ3) is 26.2. The summed E-state index contributed by atoms with van der Waals surface area (Å²) in [4.78, 5) is 0. The molecule has 2 unspecified atom stereocenters. The predicted octanol–water partition coefficient (Wildman–Crippen LogP) is 10.1. The maximum Gasteiger partial charge on any atom is 0.0956 e. The summed E-state index contributed by atoms with van der Waals surface area (Å²) in [6, 6.07) is 20.7. The minimum Gasteiger partial charge on any atom is -0.368 e. The van der Waals surface area contributed by atoms with Crippen molar-refractivity contribution < 1.29 is 9.47 Å². The Morgan fingerprint density at radius 1 is 0.558 bits per heavy atom. The van der Waals surface area contributed by atoms with E-state index < -0.39 is 0 Å². The third-order valence-corrected chi connectivity index (χ3v) is 7.27. The van der Waals surface area contributed by atoms with Gasteiger partial charge in [0, 0.05) is 35.8 Å². The molecule has 52 heavy (non-hydrogen) atoms. The summed E-state index contributed by atoms with van der Waals surface area (Å²) in [6.07, 6.45) is 2.80. The highest BCUT2D eigenvalue weighted by atomic mass is 16.5. The van der Waals surface area contributed by atoms with Crippen LogP contribution in [0.15, 0.2) is 66.9 Å². The first-order valence-electron chi connectivity index (χ1n) is 18.9. The van der Waals surface area contributed by atoms with E-state index in [9.17, 15) is 0 Å². The molecular formula is C44H80N6O2. The monoisotopic (exact) mass is 725 g/mol. The highest BCUT2D eigenvalue weighted by molar-refractivity contribution is 5.20. The molecular weight excluding hydrogens is 645 g/mol. The second-order valence-electron chi connectivity index (χ2n) is 19.4. The van der Waals surface area contributed by atoms with Gasteiger partial charge in [0.15, 0.2) is 0 Å². The molecule has 0 fully saturated rings. The Morgan fingerprint density at radius 3 is 1.23 bits per heavy atom. The van der Waals surface area contributed by atoms with Crippen LogP contribution in [0.2, 0.25) is 0 Å². The number of ether oxygens (including phenoxy) is 2. The molecule has 3 rings (SSSR count). The van der Waals surface area contributed by atoms with E-state index in [4.69, 9.17) is 9.47 Å². The van der Waals surface area contributed by atoms with E-state index in [-0.39, 0.29) is 34.5 Å². The van der Waals surface area contributed by atoms with Crippen LogP contribution in [0.4, 0.5) is 0 Å². The Hall–Kier alpha value is -2.62. The Labute approximate surface area is 320 Å². The molecule has 0 amide bonds. The number of rotatable bonds is 8. The van der Waals surface area contributed by atoms with E-state index in [1.165, 1.54) is 11.1 Å². The highest BCUT2D eigenvalue weighted by Crippen LogP contribution is 2.28. The van der Waals surface area contributed by atoms with Crippen molar-refractivity contribution in [3.8, 4) is 0 Å². The standard InChI is InChI=1S/C18H27N3O.C16H27NO.2C5H13N/c1-17(2,3)21-13-15(19-20-21)12-16(22-18(4,5)6)14-10-8-7-9-11-14;1-15(2,3)17-12-14(18-16(4,5)6)13-10-8-7-9-11-13;2*1-5(2,3)6-4/h7-11,13,16H,12H2,1-6H3;7-11,14,17H,12H2,1-6H3;2*6H,1-4H3. The van der Waals surface area contributed by atoms with Crippen LogP contribution in [0.1, 0.15) is 154 Å². The van der Waals surface area contributed by atoms with E-state index in [0.717, 1.165) is 18.7 Å². The molecule has 0 bridgehead atoms. The number of hydrogen-bond donors (Lipinski definition) is 3. The van der Waals surface area contributed by atoms with Crippen molar-refractivity contribution in [1.29, 1.82) is 0 Å². The van der Waals surface area contributed by atoms with Gasteiger partial charge in [-0.1, -0.05) is 65.9 Å². The van der Waals surface area contributed by atoms with Crippen molar-refractivity contribution in [3.05, 3.63) is 83.7 Å². The van der Waals surface area contributed by atoms with Crippen LogP contribution in [0.25, 0.3) is 0 Å². The minimum absolute atomic E-state index is 0.0219. The lowest BCUT2D eigenvalue weighted by Crippen LogP contribution is -2.40. The molecule has 0 aliphatic rings. The molecule has 0 saturated heterocycles. The van der Waals surface area contributed by atoms with Crippen molar-refractivity contribution in [1.82, 2.24) is 30.9 Å². The van der Waals surface area contributed by atoms with Crippen molar-refractivity contribution in [2.45, 2.75) is 177 Å². The van der Waals surface area contributed by atoms with Crippen LogP contribution >= 0.6 is 0 Å². The Kier molecular flexibility index (Phi) is 20.2. The van der Waals surface area contributed by atoms with Crippen LogP contribution in [0.3, 0.4) is 0 Å². The van der Waals surface area contributed by atoms with E-state index in [1.807, 2.05) is 49.2 Å². The van der Waals surface area contributed by atoms with Gasteiger partial charge in [-0.05, 0) is 150 Å². The van der Waals surface area contributed by atoms with Gasteiger partial charge in [0.25, 0.3) is 0 Å². The Balaban J connectivity index is 0.000000772. The molecule has 0 saturated carbocycles. The zero-order valence-corrected chi connectivity index (χ0v) is 37.1. The first-order valence-corrected chi connectivity index (χ1v) is 18.9. The molecule has 1 aromatic heterocycles. The van der Waals surface area contributed by atoms with Gasteiger partial charge in [-0.3, -0.25) is 0 Å². The van der Waals surface area contributed by atoms with Gasteiger partial charge in [0.1, 0.15) is 0 Å². The zero-order valence-electron chi connectivity index (χ0n) is 37.1. The lowest BCUT2D eigenvalue weighted by Gasteiger charge is -2.31. The largest absolute Gasteiger partial charge is 0.368 e. The van der Waals surface area contributed by atoms with Gasteiger partial charge in [0.2, 0.25) is 0 Å². The molecule has 298 valence electrons. The highest BCUT2D eigenvalue weighted by Gasteiger charge is 2.24. The SMILES string of the molecule is CC(C)(C)NCC(OC(C)(C)C)c1ccccc1.CC(C)(C)OC(Cc1cn(C(C)(C)C)nn1)c1ccccc1.CNC(C)(C)C.CNC(C)(C)C. The van der Waals surface area contributed by atoms with Crippen LogP contribution in [0.5, 0.6) is 0 Å². The Morgan fingerprint density at radius 2 is 0.923 bits per heavy atom. The maximum atomic E-state index is 6.25. The molecule has 0 spiro atoms. The summed E-state index contributed by atoms with van der Waals surface area (Å²) in [5.41, 5.74) is 3.63. The van der Waals surface area contributed by atoms with E-state index in [2.05, 4.69) is 187 Å². The lowest BCUT2D eigenvalue weighted by molar-refractivity contribution is -0.0626. The van der Waals surface area contributed by atoms with Gasteiger partial charge in [-0.2, -0.15) is 0 Å². The fraction of sp³-hybridized carbons (Fsp3) is 0.682. The molecule has 0 aliphatic heterocycles. The third-order valence-electron chi connectivity index (χ3n) is 7.27. The molecule has 0 radical (unpaired) electrons. The average Bonchev–Trinajstić information content (AvgIpc) is 3.48. The summed E-state index contributed by atoms with van der Waals surface area (Å²) in [7, 11) is 3.92. The molecule has 2 atom stereocenters. The summed E-state index contributed by atoms with van der Waals surface area (Å²) in [5.74, 6) is 0. The van der Waals surface area contributed by atoms with Gasteiger partial charge in [0.05, 0.1) is 34.6 Å². The summed E-state index contributed by atoms with van der Waals surface area (Å²) in [5, 5.41) is 18.3. The van der Waals surface area contributed by atoms with Crippen LogP contribution in [0, 0.1) is 0 Å². The molecule has 8 nitrogen and oxygen atoms in total. The number of nitrogens with zero attached hydrogens (tertiary/aromatic N) is 3. The zero-order chi connectivity index (χ0) is 40.6. The topological polar surface area (TPSA) is 85.3 Å². The number of benzene rings is 2. The first kappa shape index (κ1) is 49.4. The average molecular weight is 725 g/mol.